The number of amides is 1. The molecule has 33 heavy (non-hydrogen) atoms. The molecule has 0 aliphatic carbocycles. The number of aromatic nitrogens is 2. The normalized spacial score (nSPS) is 11.9. The van der Waals surface area contributed by atoms with Crippen molar-refractivity contribution in [3.63, 3.8) is 0 Å². The second-order valence-corrected chi connectivity index (χ2v) is 11.3. The van der Waals surface area contributed by atoms with Crippen molar-refractivity contribution in [1.29, 1.82) is 0 Å². The Kier molecular flexibility index (Phi) is 7.80. The number of carbonyl (C=O) groups excluding carboxylic acids is 1. The number of rotatable bonds is 9. The van der Waals surface area contributed by atoms with Crippen LogP contribution in [0.25, 0.3) is 11.5 Å². The molecular formula is C23H28N4O4S2. The van der Waals surface area contributed by atoms with Gasteiger partial charge in [0.2, 0.25) is 21.8 Å². The molecule has 0 bridgehead atoms. The molecule has 0 radical (unpaired) electrons. The van der Waals surface area contributed by atoms with Crippen LogP contribution in [0.1, 0.15) is 33.3 Å². The van der Waals surface area contributed by atoms with Crippen molar-refractivity contribution in [2.75, 3.05) is 16.2 Å². The summed E-state index contributed by atoms with van der Waals surface area (Å²) < 4.78 is 31.5. The summed E-state index contributed by atoms with van der Waals surface area (Å²) >= 11 is 1.19. The molecule has 0 saturated carbocycles. The van der Waals surface area contributed by atoms with E-state index in [1.165, 1.54) is 11.8 Å². The van der Waals surface area contributed by atoms with Gasteiger partial charge >= 0.3 is 0 Å². The number of benzene rings is 2. The Labute approximate surface area is 198 Å². The molecule has 2 aromatic carbocycles. The van der Waals surface area contributed by atoms with Crippen LogP contribution in [0.3, 0.4) is 0 Å². The molecule has 0 aliphatic rings. The minimum atomic E-state index is -3.34. The first kappa shape index (κ1) is 24.8. The van der Waals surface area contributed by atoms with E-state index in [4.69, 9.17) is 4.42 Å². The number of hydrogen-bond donors (Lipinski definition) is 1. The van der Waals surface area contributed by atoms with Crippen molar-refractivity contribution < 1.29 is 17.6 Å². The summed E-state index contributed by atoms with van der Waals surface area (Å²) in [4.78, 5) is 14.8. The molecular weight excluding hydrogens is 460 g/mol. The van der Waals surface area contributed by atoms with Crippen LogP contribution in [0.2, 0.25) is 0 Å². The SMILES string of the molecule is CCS(=O)(=O)Nc1ccc(-c2nnc(SCC(=O)N(Cc3ccccc3)C(C)(C)C)o2)cc1. The lowest BCUT2D eigenvalue weighted by Crippen LogP contribution is -2.45. The van der Waals surface area contributed by atoms with Gasteiger partial charge in [-0.2, -0.15) is 0 Å². The van der Waals surface area contributed by atoms with Crippen molar-refractivity contribution in [2.45, 2.75) is 45.0 Å². The zero-order chi connectivity index (χ0) is 24.1. The minimum Gasteiger partial charge on any atom is -0.411 e. The summed E-state index contributed by atoms with van der Waals surface area (Å²) in [7, 11) is -3.34. The Morgan fingerprint density at radius 1 is 1.06 bits per heavy atom. The average molecular weight is 489 g/mol. The predicted octanol–water partition coefficient (Wildman–Crippen LogP) is 4.42. The molecule has 0 aliphatic heterocycles. The van der Waals surface area contributed by atoms with E-state index < -0.39 is 10.0 Å². The lowest BCUT2D eigenvalue weighted by atomic mass is 10.0. The molecule has 1 N–H and O–H groups in total. The molecule has 10 heteroatoms. The van der Waals surface area contributed by atoms with E-state index in [1.807, 2.05) is 56.0 Å². The van der Waals surface area contributed by atoms with Crippen LogP contribution in [0.15, 0.2) is 64.2 Å². The van der Waals surface area contributed by atoms with E-state index >= 15 is 0 Å². The Balaban J connectivity index is 1.63. The third-order valence-electron chi connectivity index (χ3n) is 4.81. The van der Waals surface area contributed by atoms with Crippen molar-refractivity contribution >= 4 is 33.4 Å². The lowest BCUT2D eigenvalue weighted by Gasteiger charge is -2.35. The van der Waals surface area contributed by atoms with Gasteiger partial charge in [0.1, 0.15) is 0 Å². The largest absolute Gasteiger partial charge is 0.411 e. The molecule has 3 rings (SSSR count). The third-order valence-corrected chi connectivity index (χ3v) is 6.92. The molecule has 3 aromatic rings. The molecule has 0 spiro atoms. The maximum absolute atomic E-state index is 13.0. The zero-order valence-corrected chi connectivity index (χ0v) is 20.7. The molecule has 0 fully saturated rings. The first-order valence-corrected chi connectivity index (χ1v) is 13.1. The summed E-state index contributed by atoms with van der Waals surface area (Å²) in [6, 6.07) is 16.5. The highest BCUT2D eigenvalue weighted by Gasteiger charge is 2.27. The van der Waals surface area contributed by atoms with E-state index in [1.54, 1.807) is 31.2 Å². The van der Waals surface area contributed by atoms with Crippen LogP contribution in [0, 0.1) is 0 Å². The van der Waals surface area contributed by atoms with Gasteiger partial charge in [-0.1, -0.05) is 42.1 Å². The molecule has 0 atom stereocenters. The summed E-state index contributed by atoms with van der Waals surface area (Å²) in [5.74, 6) is 0.439. The Morgan fingerprint density at radius 2 is 1.73 bits per heavy atom. The molecule has 0 unspecified atom stereocenters. The minimum absolute atomic E-state index is 0.00426. The Bertz CT molecular complexity index is 1170. The van der Waals surface area contributed by atoms with Gasteiger partial charge < -0.3 is 9.32 Å². The van der Waals surface area contributed by atoms with Crippen molar-refractivity contribution in [2.24, 2.45) is 0 Å². The standard InChI is InChI=1S/C23H28N4O4S2/c1-5-33(29,30)26-19-13-11-18(12-14-19)21-24-25-22(31-21)32-16-20(28)27(23(2,3)4)15-17-9-7-6-8-10-17/h6-14,26H,5,15-16H2,1-4H3. The van der Waals surface area contributed by atoms with Crippen LogP contribution in [0.4, 0.5) is 5.69 Å². The number of hydrogen-bond acceptors (Lipinski definition) is 7. The van der Waals surface area contributed by atoms with Crippen LogP contribution in [-0.2, 0) is 21.4 Å². The topological polar surface area (TPSA) is 105 Å². The van der Waals surface area contributed by atoms with Crippen molar-refractivity contribution in [1.82, 2.24) is 15.1 Å². The van der Waals surface area contributed by atoms with Gasteiger partial charge in [0, 0.05) is 23.3 Å². The number of nitrogens with one attached hydrogen (secondary N) is 1. The van der Waals surface area contributed by atoms with Gasteiger partial charge in [-0.25, -0.2) is 8.42 Å². The highest BCUT2D eigenvalue weighted by molar-refractivity contribution is 7.99. The number of carbonyl (C=O) groups is 1. The number of nitrogens with zero attached hydrogens (tertiary/aromatic N) is 3. The average Bonchev–Trinajstić information content (AvgIpc) is 3.25. The monoisotopic (exact) mass is 488 g/mol. The van der Waals surface area contributed by atoms with E-state index in [-0.39, 0.29) is 23.0 Å². The fourth-order valence-electron chi connectivity index (χ4n) is 2.98. The quantitative estimate of drug-likeness (QED) is 0.445. The van der Waals surface area contributed by atoms with Crippen molar-refractivity contribution in [3.05, 3.63) is 60.2 Å². The van der Waals surface area contributed by atoms with E-state index in [2.05, 4.69) is 14.9 Å². The number of sulfonamides is 1. The van der Waals surface area contributed by atoms with Crippen LogP contribution in [0.5, 0.6) is 0 Å². The molecule has 0 saturated heterocycles. The van der Waals surface area contributed by atoms with Gasteiger partial charge in [-0.3, -0.25) is 9.52 Å². The summed E-state index contributed by atoms with van der Waals surface area (Å²) in [5, 5.41) is 8.37. The van der Waals surface area contributed by atoms with Gasteiger partial charge in [-0.15, -0.1) is 10.2 Å². The van der Waals surface area contributed by atoms with Gasteiger partial charge in [0.15, 0.2) is 0 Å². The van der Waals surface area contributed by atoms with E-state index in [0.717, 1.165) is 5.56 Å². The summed E-state index contributed by atoms with van der Waals surface area (Å²) in [6.07, 6.45) is 0. The first-order chi connectivity index (χ1) is 15.6. The maximum atomic E-state index is 13.0. The van der Waals surface area contributed by atoms with Crippen LogP contribution < -0.4 is 4.72 Å². The molecule has 1 amide bonds. The van der Waals surface area contributed by atoms with Gasteiger partial charge in [0.05, 0.1) is 11.5 Å². The molecule has 1 heterocycles. The van der Waals surface area contributed by atoms with Gasteiger partial charge in [0.25, 0.3) is 5.22 Å². The third kappa shape index (κ3) is 7.06. The lowest BCUT2D eigenvalue weighted by molar-refractivity contribution is -0.133. The Morgan fingerprint density at radius 3 is 2.33 bits per heavy atom. The van der Waals surface area contributed by atoms with E-state index in [9.17, 15) is 13.2 Å². The van der Waals surface area contributed by atoms with E-state index in [0.29, 0.717) is 28.9 Å². The predicted molar refractivity (Wildman–Crippen MR) is 130 cm³/mol. The molecule has 1 aromatic heterocycles. The summed E-state index contributed by atoms with van der Waals surface area (Å²) in [6.45, 7) is 8.11. The smallest absolute Gasteiger partial charge is 0.277 e. The fourth-order valence-corrected chi connectivity index (χ4v) is 4.26. The van der Waals surface area contributed by atoms with Crippen molar-refractivity contribution in [3.8, 4) is 11.5 Å². The number of anilines is 1. The van der Waals surface area contributed by atoms with Crippen LogP contribution >= 0.6 is 11.8 Å². The second-order valence-electron chi connectivity index (χ2n) is 8.38. The highest BCUT2D eigenvalue weighted by atomic mass is 32.2. The zero-order valence-electron chi connectivity index (χ0n) is 19.1. The maximum Gasteiger partial charge on any atom is 0.277 e. The molecule has 8 nitrogen and oxygen atoms in total. The van der Waals surface area contributed by atoms with Gasteiger partial charge in [-0.05, 0) is 57.5 Å². The summed E-state index contributed by atoms with van der Waals surface area (Å²) in [5.41, 5.74) is 1.84. The second kappa shape index (κ2) is 10.4. The Hall–Kier alpha value is -2.85. The highest BCUT2D eigenvalue weighted by Crippen LogP contribution is 2.26. The fraction of sp³-hybridized carbons (Fsp3) is 0.348. The van der Waals surface area contributed by atoms with Crippen LogP contribution in [-0.4, -0.2) is 46.5 Å². The first-order valence-electron chi connectivity index (χ1n) is 10.5. The molecule has 176 valence electrons. The number of thioether (sulfide) groups is 1.